The first kappa shape index (κ1) is 27.4. The van der Waals surface area contributed by atoms with Crippen molar-refractivity contribution in [3.63, 3.8) is 0 Å². The number of carbonyl (C=O) groups is 3. The van der Waals surface area contributed by atoms with E-state index in [1.165, 1.54) is 0 Å². The van der Waals surface area contributed by atoms with Crippen LogP contribution < -0.4 is 10.6 Å². The van der Waals surface area contributed by atoms with Crippen LogP contribution in [0.4, 0.5) is 11.4 Å². The number of Topliss-reactive ketones (excluding diaryl/α,β-unsaturated/α-hetero) is 1. The van der Waals surface area contributed by atoms with Crippen molar-refractivity contribution in [3.05, 3.63) is 120 Å². The van der Waals surface area contributed by atoms with E-state index in [1.54, 1.807) is 24.3 Å². The number of rotatable bonds is 12. The van der Waals surface area contributed by atoms with Crippen LogP contribution in [0.15, 0.2) is 114 Å². The molecule has 4 aromatic carbocycles. The summed E-state index contributed by atoms with van der Waals surface area (Å²) in [6.45, 7) is 0. The molecule has 1 amide bonds. The monoisotopic (exact) mass is 546 g/mol. The number of nitrogens with one attached hydrogen (secondary N) is 2. The molecule has 0 unspecified atom stereocenters. The van der Waals surface area contributed by atoms with Gasteiger partial charge < -0.3 is 20.2 Å². The largest absolute Gasteiger partial charge is 0.481 e. The first-order valence-electron chi connectivity index (χ1n) is 13.5. The molecule has 0 bridgehead atoms. The van der Waals surface area contributed by atoms with Crippen LogP contribution in [0.5, 0.6) is 0 Å². The van der Waals surface area contributed by atoms with Gasteiger partial charge in [0.1, 0.15) is 17.4 Å². The summed E-state index contributed by atoms with van der Waals surface area (Å²) in [5.41, 5.74) is 4.61. The number of amides is 1. The number of ketones is 1. The molecule has 5 aromatic rings. The van der Waals surface area contributed by atoms with Crippen LogP contribution >= 0.6 is 0 Å². The lowest BCUT2D eigenvalue weighted by atomic mass is 10.0. The van der Waals surface area contributed by atoms with Gasteiger partial charge in [0.2, 0.25) is 5.91 Å². The Balaban J connectivity index is 1.27. The number of para-hydroxylation sites is 1. The average Bonchev–Trinajstić information content (AvgIpc) is 3.42. The van der Waals surface area contributed by atoms with E-state index in [4.69, 9.17) is 9.52 Å². The summed E-state index contributed by atoms with van der Waals surface area (Å²) >= 11 is 0. The highest BCUT2D eigenvalue weighted by Crippen LogP contribution is 2.28. The van der Waals surface area contributed by atoms with Crippen molar-refractivity contribution in [2.45, 2.75) is 31.7 Å². The zero-order valence-electron chi connectivity index (χ0n) is 22.4. The van der Waals surface area contributed by atoms with Crippen molar-refractivity contribution in [1.29, 1.82) is 0 Å². The molecule has 0 saturated heterocycles. The Morgan fingerprint density at radius 1 is 0.756 bits per heavy atom. The number of carbonyl (C=O) groups excluding carboxylic acids is 2. The van der Waals surface area contributed by atoms with Crippen LogP contribution in [0.2, 0.25) is 0 Å². The van der Waals surface area contributed by atoms with Gasteiger partial charge in [-0.15, -0.1) is 0 Å². The highest BCUT2D eigenvalue weighted by atomic mass is 16.4. The van der Waals surface area contributed by atoms with Crippen molar-refractivity contribution < 1.29 is 23.9 Å². The number of anilines is 2. The summed E-state index contributed by atoms with van der Waals surface area (Å²) in [6.07, 6.45) is 0.893. The van der Waals surface area contributed by atoms with E-state index in [0.29, 0.717) is 29.8 Å². The number of carboxylic acids is 1. The number of fused-ring (bicyclic) bond motifs is 1. The van der Waals surface area contributed by atoms with Crippen molar-refractivity contribution in [2.75, 3.05) is 10.6 Å². The van der Waals surface area contributed by atoms with Crippen molar-refractivity contribution >= 4 is 40.0 Å². The van der Waals surface area contributed by atoms with Crippen LogP contribution in [0.3, 0.4) is 0 Å². The zero-order chi connectivity index (χ0) is 28.6. The molecule has 41 heavy (non-hydrogen) atoms. The smallest absolute Gasteiger partial charge is 0.303 e. The van der Waals surface area contributed by atoms with Gasteiger partial charge in [-0.2, -0.15) is 0 Å². The van der Waals surface area contributed by atoms with Gasteiger partial charge in [-0.1, -0.05) is 48.5 Å². The first-order valence-corrected chi connectivity index (χ1v) is 13.5. The maximum absolute atomic E-state index is 13.4. The third-order valence-electron chi connectivity index (χ3n) is 6.80. The summed E-state index contributed by atoms with van der Waals surface area (Å²) in [7, 11) is 0. The third kappa shape index (κ3) is 7.28. The molecule has 0 spiro atoms. The van der Waals surface area contributed by atoms with E-state index in [0.717, 1.165) is 27.9 Å². The molecule has 0 aliphatic carbocycles. The minimum absolute atomic E-state index is 0.0374. The summed E-state index contributed by atoms with van der Waals surface area (Å²) in [5.74, 6) is -0.458. The molecule has 0 saturated carbocycles. The van der Waals surface area contributed by atoms with Crippen LogP contribution in [-0.2, 0) is 16.0 Å². The van der Waals surface area contributed by atoms with Gasteiger partial charge in [0.05, 0.1) is 0 Å². The topological polar surface area (TPSA) is 109 Å². The molecular weight excluding hydrogens is 516 g/mol. The molecule has 7 heteroatoms. The van der Waals surface area contributed by atoms with Gasteiger partial charge in [-0.05, 0) is 72.6 Å². The number of hydrogen-bond donors (Lipinski definition) is 3. The van der Waals surface area contributed by atoms with Crippen LogP contribution in [0.1, 0.15) is 35.2 Å². The van der Waals surface area contributed by atoms with Crippen molar-refractivity contribution in [1.82, 2.24) is 0 Å². The molecule has 5 rings (SSSR count). The number of carboxylic acid groups (broad SMARTS) is 1. The second-order valence-electron chi connectivity index (χ2n) is 9.85. The predicted molar refractivity (Wildman–Crippen MR) is 160 cm³/mol. The second-order valence-corrected chi connectivity index (χ2v) is 9.85. The Morgan fingerprint density at radius 3 is 2.15 bits per heavy atom. The van der Waals surface area contributed by atoms with Gasteiger partial charge in [-0.25, -0.2) is 0 Å². The second kappa shape index (κ2) is 12.8. The molecular formula is C34H30N2O5. The molecule has 0 fully saturated rings. The van der Waals surface area contributed by atoms with Crippen LogP contribution in [0, 0.1) is 0 Å². The first-order chi connectivity index (χ1) is 19.9. The lowest BCUT2D eigenvalue weighted by Gasteiger charge is -2.20. The molecule has 0 aliphatic heterocycles. The van der Waals surface area contributed by atoms with Crippen LogP contribution in [0.25, 0.3) is 22.3 Å². The molecule has 1 atom stereocenters. The normalized spacial score (nSPS) is 11.6. The minimum Gasteiger partial charge on any atom is -0.481 e. The molecule has 3 N–H and O–H groups in total. The molecule has 7 nitrogen and oxygen atoms in total. The molecule has 1 heterocycles. The van der Waals surface area contributed by atoms with Crippen molar-refractivity contribution in [3.8, 4) is 11.3 Å². The molecule has 1 aromatic heterocycles. The van der Waals surface area contributed by atoms with Crippen molar-refractivity contribution in [2.24, 2.45) is 0 Å². The standard InChI is InChI=1S/C34H30N2O5/c37-30(10-6-12-33(38)39)24-13-17-27(18-14-24)35-29(21-23-7-2-1-3-8-23)34(40)36-28-19-15-25(16-20-28)32-22-26-9-4-5-11-31(26)41-32/h1-5,7-9,11,13-20,22,29,35H,6,10,12,21H2,(H,36,40)(H,38,39)/t29-/m0/s1. The Morgan fingerprint density at radius 2 is 1.44 bits per heavy atom. The highest BCUT2D eigenvalue weighted by molar-refractivity contribution is 5.98. The zero-order valence-corrected chi connectivity index (χ0v) is 22.4. The Kier molecular flexibility index (Phi) is 8.55. The Hall–Kier alpha value is -5.17. The maximum Gasteiger partial charge on any atom is 0.303 e. The average molecular weight is 547 g/mol. The summed E-state index contributed by atoms with van der Waals surface area (Å²) < 4.78 is 5.96. The van der Waals surface area contributed by atoms with E-state index in [2.05, 4.69) is 10.6 Å². The maximum atomic E-state index is 13.4. The lowest BCUT2D eigenvalue weighted by molar-refractivity contribution is -0.137. The minimum atomic E-state index is -0.915. The predicted octanol–water partition coefficient (Wildman–Crippen LogP) is 7.20. The Bertz CT molecular complexity index is 1610. The number of benzene rings is 4. The lowest BCUT2D eigenvalue weighted by Crippen LogP contribution is -2.36. The van der Waals surface area contributed by atoms with Gasteiger partial charge in [0, 0.05) is 47.2 Å². The van der Waals surface area contributed by atoms with Gasteiger partial charge in [0.15, 0.2) is 5.78 Å². The van der Waals surface area contributed by atoms with E-state index in [1.807, 2.05) is 84.9 Å². The quantitative estimate of drug-likeness (QED) is 0.143. The summed E-state index contributed by atoms with van der Waals surface area (Å²) in [4.78, 5) is 36.6. The number of furan rings is 1. The SMILES string of the molecule is O=C(O)CCCC(=O)c1ccc(N[C@@H](Cc2ccccc2)C(=O)Nc2ccc(-c3cc4ccccc4o3)cc2)cc1. The highest BCUT2D eigenvalue weighted by Gasteiger charge is 2.20. The molecule has 0 aliphatic rings. The van der Waals surface area contributed by atoms with Gasteiger partial charge >= 0.3 is 5.97 Å². The fourth-order valence-electron chi connectivity index (χ4n) is 4.63. The summed E-state index contributed by atoms with van der Waals surface area (Å²) in [6, 6.07) is 33.5. The van der Waals surface area contributed by atoms with E-state index < -0.39 is 12.0 Å². The number of aliphatic carboxylic acids is 1. The molecule has 206 valence electrons. The fourth-order valence-corrected chi connectivity index (χ4v) is 4.63. The third-order valence-corrected chi connectivity index (χ3v) is 6.80. The van der Waals surface area contributed by atoms with E-state index >= 15 is 0 Å². The van der Waals surface area contributed by atoms with E-state index in [9.17, 15) is 14.4 Å². The number of hydrogen-bond acceptors (Lipinski definition) is 5. The fraction of sp³-hybridized carbons (Fsp3) is 0.147. The van der Waals surface area contributed by atoms with Gasteiger partial charge in [0.25, 0.3) is 0 Å². The Labute approximate surface area is 237 Å². The molecule has 0 radical (unpaired) electrons. The van der Waals surface area contributed by atoms with Gasteiger partial charge in [-0.3, -0.25) is 14.4 Å². The van der Waals surface area contributed by atoms with Crippen LogP contribution in [-0.4, -0.2) is 28.8 Å². The van der Waals surface area contributed by atoms with E-state index in [-0.39, 0.29) is 24.5 Å². The summed E-state index contributed by atoms with van der Waals surface area (Å²) in [5, 5.41) is 16.1.